The standard InChI is InChI=1S/C19H24F3N3O11P2.2C6H15N/c1-24-14(23-34-8-11-2-4-12(5-3-11)19(20,21)22)6-7-25(18(24)28)17-16(27)15(26)13(36-17)9-35-38(32,33)10-37(29,30)31;2*1-4-7(5-2)6-3/h2-7,13,15-17,26-27H,8-10H2,1H3,(H,32,33)(H2,29,30,31);2*4-6H2,1-3H3/b23-14-;;/t13-,15-,16-,17-;;/m1../s1. The Bertz CT molecular complexity index is 1540. The fourth-order valence-corrected chi connectivity index (χ4v) is 7.31. The highest BCUT2D eigenvalue weighted by Crippen LogP contribution is 2.55. The van der Waals surface area contributed by atoms with Gasteiger partial charge in [0.2, 0.25) is 0 Å². The van der Waals surface area contributed by atoms with Crippen LogP contribution in [0.4, 0.5) is 13.2 Å². The molecule has 1 fully saturated rings. The smallest absolute Gasteiger partial charge is 0.389 e. The van der Waals surface area contributed by atoms with Gasteiger partial charge >= 0.3 is 27.1 Å². The number of aromatic nitrogens is 2. The van der Waals surface area contributed by atoms with E-state index in [0.29, 0.717) is 5.56 Å². The van der Waals surface area contributed by atoms with Gasteiger partial charge in [0.25, 0.3) is 0 Å². The fraction of sp³-hybridized carbons (Fsp3) is 0.677. The number of aliphatic hydroxyl groups is 2. The summed E-state index contributed by atoms with van der Waals surface area (Å²) in [4.78, 5) is 49.9. The molecular weight excluding hydrogens is 737 g/mol. The van der Waals surface area contributed by atoms with Crippen molar-refractivity contribution in [1.29, 1.82) is 0 Å². The summed E-state index contributed by atoms with van der Waals surface area (Å²) in [5.41, 5.74) is -1.24. The molecule has 1 unspecified atom stereocenters. The molecule has 1 saturated heterocycles. The van der Waals surface area contributed by atoms with E-state index in [2.05, 4.69) is 61.0 Å². The van der Waals surface area contributed by atoms with Crippen molar-refractivity contribution in [2.75, 3.05) is 51.8 Å². The average Bonchev–Trinajstić information content (AvgIpc) is 3.35. The molecule has 0 spiro atoms. The maximum absolute atomic E-state index is 12.8. The molecule has 21 heteroatoms. The Labute approximate surface area is 301 Å². The van der Waals surface area contributed by atoms with Gasteiger partial charge in [-0.1, -0.05) is 58.8 Å². The highest BCUT2D eigenvalue weighted by atomic mass is 31.2. The van der Waals surface area contributed by atoms with Crippen molar-refractivity contribution in [3.05, 3.63) is 63.6 Å². The molecule has 1 aromatic carbocycles. The first-order valence-corrected chi connectivity index (χ1v) is 20.3. The molecule has 52 heavy (non-hydrogen) atoms. The lowest BCUT2D eigenvalue weighted by molar-refractivity contribution is -0.137. The summed E-state index contributed by atoms with van der Waals surface area (Å²) in [6.07, 6.45) is -9.62. The Kier molecular flexibility index (Phi) is 20.2. The van der Waals surface area contributed by atoms with Crippen molar-refractivity contribution in [3.8, 4) is 0 Å². The topological polar surface area (TPSA) is 209 Å². The van der Waals surface area contributed by atoms with Crippen LogP contribution in [0.15, 0.2) is 46.5 Å². The SMILES string of the molecule is CCN(CC)CC.CCN(CC)CC.Cn1c(=O)n([C@@H]2O[C@H](COP(=O)(O)CP(=O)(O)O)[C@@H](O)[C@H]2O)cc/c1=N/OCc1ccc(C(F)(F)F)cc1. The molecule has 1 aromatic heterocycles. The third-order valence-corrected chi connectivity index (χ3v) is 11.5. The van der Waals surface area contributed by atoms with Crippen LogP contribution in [0.5, 0.6) is 0 Å². The second kappa shape index (κ2) is 22.1. The molecule has 2 aromatic rings. The molecule has 0 aliphatic carbocycles. The van der Waals surface area contributed by atoms with Crippen LogP contribution in [0.3, 0.4) is 0 Å². The zero-order chi connectivity index (χ0) is 39.9. The summed E-state index contributed by atoms with van der Waals surface area (Å²) in [7, 11) is -8.35. The molecular formula is C31H54F3N5O11P2. The Hall–Kier alpha value is -2.41. The van der Waals surface area contributed by atoms with Crippen molar-refractivity contribution in [2.24, 2.45) is 12.2 Å². The molecule has 5 N–H and O–H groups in total. The first kappa shape index (κ1) is 47.6. The molecule has 0 radical (unpaired) electrons. The highest BCUT2D eigenvalue weighted by molar-refractivity contribution is 7.70. The molecule has 0 amide bonds. The minimum atomic E-state index is -4.89. The maximum atomic E-state index is 12.8. The molecule has 0 bridgehead atoms. The fourth-order valence-electron chi connectivity index (χ4n) is 4.74. The van der Waals surface area contributed by atoms with Gasteiger partial charge in [0.15, 0.2) is 17.6 Å². The van der Waals surface area contributed by atoms with E-state index >= 15 is 0 Å². The molecule has 2 heterocycles. The van der Waals surface area contributed by atoms with Crippen LogP contribution >= 0.6 is 15.2 Å². The van der Waals surface area contributed by atoms with Gasteiger partial charge in [0, 0.05) is 19.3 Å². The van der Waals surface area contributed by atoms with E-state index < -0.39 is 69.7 Å². The lowest BCUT2D eigenvalue weighted by atomic mass is 10.1. The Balaban J connectivity index is 0.000000812. The lowest BCUT2D eigenvalue weighted by Crippen LogP contribution is -2.42. The van der Waals surface area contributed by atoms with Crippen molar-refractivity contribution in [2.45, 2.75) is 78.9 Å². The third kappa shape index (κ3) is 15.9. The van der Waals surface area contributed by atoms with Gasteiger partial charge in [-0.2, -0.15) is 13.2 Å². The molecule has 16 nitrogen and oxygen atoms in total. The number of nitrogens with zero attached hydrogens (tertiary/aromatic N) is 5. The number of benzene rings is 1. The van der Waals surface area contributed by atoms with Gasteiger partial charge < -0.3 is 48.8 Å². The predicted octanol–water partition coefficient (Wildman–Crippen LogP) is 2.89. The first-order valence-electron chi connectivity index (χ1n) is 16.8. The van der Waals surface area contributed by atoms with Crippen molar-refractivity contribution in [3.63, 3.8) is 0 Å². The minimum Gasteiger partial charge on any atom is -0.389 e. The van der Waals surface area contributed by atoms with E-state index in [0.717, 1.165) is 27.5 Å². The summed E-state index contributed by atoms with van der Waals surface area (Å²) < 4.78 is 72.6. The lowest BCUT2D eigenvalue weighted by Gasteiger charge is -2.19. The van der Waals surface area contributed by atoms with Crippen LogP contribution < -0.4 is 11.2 Å². The first-order chi connectivity index (χ1) is 24.2. The largest absolute Gasteiger partial charge is 0.416 e. The molecule has 1 aliphatic rings. The van der Waals surface area contributed by atoms with Gasteiger partial charge in [-0.05, 0) is 57.0 Å². The number of ether oxygens (including phenoxy) is 1. The summed E-state index contributed by atoms with van der Waals surface area (Å²) in [5.74, 6) is -1.46. The van der Waals surface area contributed by atoms with Crippen molar-refractivity contribution < 1.29 is 61.3 Å². The predicted molar refractivity (Wildman–Crippen MR) is 187 cm³/mol. The Morgan fingerprint density at radius 2 is 1.37 bits per heavy atom. The van der Waals surface area contributed by atoms with Crippen LogP contribution in [0, 0.1) is 0 Å². The molecule has 0 saturated carbocycles. The number of rotatable bonds is 15. The van der Waals surface area contributed by atoms with Gasteiger partial charge in [0.1, 0.15) is 24.9 Å². The van der Waals surface area contributed by atoms with E-state index in [4.69, 9.17) is 19.4 Å². The Morgan fingerprint density at radius 3 is 1.79 bits per heavy atom. The number of aliphatic hydroxyl groups excluding tert-OH is 2. The van der Waals surface area contributed by atoms with Crippen molar-refractivity contribution >= 4 is 15.2 Å². The van der Waals surface area contributed by atoms with Crippen LogP contribution in [-0.2, 0) is 43.1 Å². The quantitative estimate of drug-likeness (QED) is 0.130. The molecule has 5 atom stereocenters. The summed E-state index contributed by atoms with van der Waals surface area (Å²) in [6.45, 7) is 19.2. The zero-order valence-electron chi connectivity index (χ0n) is 30.6. The second-order valence-corrected chi connectivity index (χ2v) is 15.5. The van der Waals surface area contributed by atoms with Gasteiger partial charge in [-0.3, -0.25) is 18.3 Å². The van der Waals surface area contributed by atoms with Crippen LogP contribution in [-0.4, -0.2) is 114 Å². The molecule has 300 valence electrons. The van der Waals surface area contributed by atoms with E-state index in [-0.39, 0.29) is 12.1 Å². The zero-order valence-corrected chi connectivity index (χ0v) is 32.4. The monoisotopic (exact) mass is 791 g/mol. The summed E-state index contributed by atoms with van der Waals surface area (Å²) >= 11 is 0. The van der Waals surface area contributed by atoms with Crippen molar-refractivity contribution in [1.82, 2.24) is 18.9 Å². The second-order valence-electron chi connectivity index (χ2n) is 11.5. The molecule has 3 rings (SSSR count). The normalized spacial score (nSPS) is 20.6. The van der Waals surface area contributed by atoms with E-state index in [1.54, 1.807) is 0 Å². The summed E-state index contributed by atoms with van der Waals surface area (Å²) in [6, 6.07) is 5.47. The average molecular weight is 792 g/mol. The Morgan fingerprint density at radius 1 is 0.865 bits per heavy atom. The third-order valence-electron chi connectivity index (χ3n) is 8.00. The molecule has 1 aliphatic heterocycles. The highest BCUT2D eigenvalue weighted by Gasteiger charge is 2.45. The summed E-state index contributed by atoms with van der Waals surface area (Å²) in [5, 5.41) is 24.3. The number of alkyl halides is 3. The number of hydrogen-bond donors (Lipinski definition) is 5. The van der Waals surface area contributed by atoms with E-state index in [9.17, 15) is 42.2 Å². The van der Waals surface area contributed by atoms with E-state index in [1.165, 1.54) is 64.5 Å². The number of halogens is 3. The van der Waals surface area contributed by atoms with Crippen LogP contribution in [0.2, 0.25) is 0 Å². The van der Waals surface area contributed by atoms with Gasteiger partial charge in [-0.25, -0.2) is 4.79 Å². The number of hydrogen-bond acceptors (Lipinski definition) is 11. The minimum absolute atomic E-state index is 0.00950. The maximum Gasteiger partial charge on any atom is 0.416 e. The van der Waals surface area contributed by atoms with E-state index in [1.807, 2.05) is 0 Å². The van der Waals surface area contributed by atoms with Crippen LogP contribution in [0.1, 0.15) is 58.9 Å². The van der Waals surface area contributed by atoms with Crippen LogP contribution in [0.25, 0.3) is 0 Å². The van der Waals surface area contributed by atoms with Gasteiger partial charge in [-0.15, -0.1) is 0 Å². The van der Waals surface area contributed by atoms with Gasteiger partial charge in [0.05, 0.1) is 12.2 Å².